The van der Waals surface area contributed by atoms with Crippen LogP contribution in [0.15, 0.2) is 51.9 Å². The molecule has 0 saturated heterocycles. The molecule has 0 amide bonds. The lowest BCUT2D eigenvalue weighted by atomic mass is 10.1. The van der Waals surface area contributed by atoms with Crippen LogP contribution in [0, 0.1) is 6.92 Å². The lowest BCUT2D eigenvalue weighted by molar-refractivity contribution is 0.413. The smallest absolute Gasteiger partial charge is 0.268 e. The van der Waals surface area contributed by atoms with Crippen LogP contribution in [0.5, 0.6) is 5.75 Å². The van der Waals surface area contributed by atoms with Gasteiger partial charge in [0.2, 0.25) is 0 Å². The summed E-state index contributed by atoms with van der Waals surface area (Å²) in [6.07, 6.45) is 3.46. The van der Waals surface area contributed by atoms with Crippen LogP contribution >= 0.6 is 0 Å². The fourth-order valence-electron chi connectivity index (χ4n) is 3.50. The molecule has 1 aromatic carbocycles. The average Bonchev–Trinajstić information content (AvgIpc) is 3.29. The first-order chi connectivity index (χ1) is 15.9. The summed E-state index contributed by atoms with van der Waals surface area (Å²) >= 11 is 0. The monoisotopic (exact) mass is 448 g/mol. The molecule has 0 radical (unpaired) electrons. The van der Waals surface area contributed by atoms with Crippen LogP contribution in [0.3, 0.4) is 0 Å². The van der Waals surface area contributed by atoms with Gasteiger partial charge in [-0.1, -0.05) is 6.07 Å². The molecule has 0 aliphatic rings. The summed E-state index contributed by atoms with van der Waals surface area (Å²) in [4.78, 5) is 21.3. The van der Waals surface area contributed by atoms with E-state index in [9.17, 15) is 4.79 Å². The summed E-state index contributed by atoms with van der Waals surface area (Å²) in [6, 6.07) is 9.11. The van der Waals surface area contributed by atoms with Crippen molar-refractivity contribution in [2.45, 2.75) is 33.4 Å². The molecule has 9 heteroatoms. The molecule has 0 aliphatic carbocycles. The predicted molar refractivity (Wildman–Crippen MR) is 127 cm³/mol. The largest absolute Gasteiger partial charge is 0.496 e. The Labute approximate surface area is 193 Å². The standard InChI is InChI=1S/C24H26N6O3.H2/c1-14(2)30-13-17(7-9-21(30)31)19-12-26-15(3)22(27-19)24-29-28-23(33-24)18-8-6-16(11-25-4)10-20(18)32-5;/h6-10,12-14,25H,11H2,1-5H3;1H. The Hall–Kier alpha value is -3.85. The second-order valence-electron chi connectivity index (χ2n) is 7.92. The third-order valence-electron chi connectivity index (χ3n) is 5.25. The second-order valence-corrected chi connectivity index (χ2v) is 7.92. The third kappa shape index (κ3) is 4.54. The van der Waals surface area contributed by atoms with Crippen LogP contribution in [0.2, 0.25) is 0 Å². The molecule has 9 nitrogen and oxygen atoms in total. The van der Waals surface area contributed by atoms with E-state index in [4.69, 9.17) is 14.1 Å². The Morgan fingerprint density at radius 1 is 1.18 bits per heavy atom. The molecule has 4 rings (SSSR count). The highest BCUT2D eigenvalue weighted by molar-refractivity contribution is 5.66. The maximum absolute atomic E-state index is 12.1. The van der Waals surface area contributed by atoms with Gasteiger partial charge in [-0.3, -0.25) is 9.78 Å². The number of aromatic nitrogens is 5. The maximum Gasteiger partial charge on any atom is 0.268 e. The molecule has 0 atom stereocenters. The zero-order valence-electron chi connectivity index (χ0n) is 19.3. The van der Waals surface area contributed by atoms with Crippen molar-refractivity contribution in [3.63, 3.8) is 0 Å². The van der Waals surface area contributed by atoms with Crippen LogP contribution in [0.4, 0.5) is 0 Å². The van der Waals surface area contributed by atoms with E-state index in [0.717, 1.165) is 17.7 Å². The zero-order chi connectivity index (χ0) is 23.5. The molecule has 1 N–H and O–H groups in total. The van der Waals surface area contributed by atoms with E-state index in [1.807, 2.05) is 46.0 Å². The van der Waals surface area contributed by atoms with Crippen LogP contribution in [-0.4, -0.2) is 38.9 Å². The molecule has 0 bridgehead atoms. The van der Waals surface area contributed by atoms with Crippen molar-refractivity contribution < 1.29 is 10.6 Å². The number of hydrogen-bond donors (Lipinski definition) is 1. The molecular weight excluding hydrogens is 420 g/mol. The van der Waals surface area contributed by atoms with Crippen LogP contribution in [-0.2, 0) is 6.54 Å². The lowest BCUT2D eigenvalue weighted by Gasteiger charge is -2.11. The van der Waals surface area contributed by atoms with Gasteiger partial charge in [0.1, 0.15) is 11.4 Å². The topological polar surface area (TPSA) is 108 Å². The van der Waals surface area contributed by atoms with Gasteiger partial charge in [0.05, 0.1) is 30.3 Å². The number of hydrogen-bond acceptors (Lipinski definition) is 8. The minimum Gasteiger partial charge on any atom is -0.496 e. The Morgan fingerprint density at radius 3 is 2.70 bits per heavy atom. The van der Waals surface area contributed by atoms with E-state index in [0.29, 0.717) is 34.3 Å². The summed E-state index contributed by atoms with van der Waals surface area (Å²) in [7, 11) is 3.49. The van der Waals surface area contributed by atoms with Crippen LogP contribution < -0.4 is 15.6 Å². The van der Waals surface area contributed by atoms with Crippen molar-refractivity contribution in [2.75, 3.05) is 14.2 Å². The highest BCUT2D eigenvalue weighted by Gasteiger charge is 2.19. The molecule has 0 fully saturated rings. The van der Waals surface area contributed by atoms with Gasteiger partial charge in [0, 0.05) is 31.8 Å². The van der Waals surface area contributed by atoms with Crippen molar-refractivity contribution in [2.24, 2.45) is 0 Å². The van der Waals surface area contributed by atoms with E-state index in [2.05, 4.69) is 20.5 Å². The molecular formula is C24H28N6O3. The number of aryl methyl sites for hydroxylation is 1. The van der Waals surface area contributed by atoms with Gasteiger partial charge >= 0.3 is 0 Å². The molecule has 4 aromatic rings. The van der Waals surface area contributed by atoms with Gasteiger partial charge in [-0.05, 0) is 51.6 Å². The Bertz CT molecular complexity index is 1350. The number of ether oxygens (including phenoxy) is 1. The Morgan fingerprint density at radius 2 is 1.97 bits per heavy atom. The minimum atomic E-state index is -0.0646. The summed E-state index contributed by atoms with van der Waals surface area (Å²) in [5, 5.41) is 11.5. The first-order valence-corrected chi connectivity index (χ1v) is 10.6. The summed E-state index contributed by atoms with van der Waals surface area (Å²) < 4.78 is 13.2. The molecule has 3 heterocycles. The van der Waals surface area contributed by atoms with Crippen molar-refractivity contribution in [1.82, 2.24) is 30.0 Å². The molecule has 3 aromatic heterocycles. The van der Waals surface area contributed by atoms with Crippen LogP contribution in [0.25, 0.3) is 34.3 Å². The second kappa shape index (κ2) is 9.33. The normalized spacial score (nSPS) is 11.2. The summed E-state index contributed by atoms with van der Waals surface area (Å²) in [6.45, 7) is 6.46. The van der Waals surface area contributed by atoms with Crippen molar-refractivity contribution in [3.8, 4) is 40.0 Å². The summed E-state index contributed by atoms with van der Waals surface area (Å²) in [5.41, 5.74) is 4.24. The van der Waals surface area contributed by atoms with Gasteiger partial charge in [0.25, 0.3) is 17.3 Å². The number of methoxy groups -OCH3 is 1. The molecule has 33 heavy (non-hydrogen) atoms. The maximum atomic E-state index is 12.1. The lowest BCUT2D eigenvalue weighted by Crippen LogP contribution is -2.20. The fraction of sp³-hybridized carbons (Fsp3) is 0.292. The van der Waals surface area contributed by atoms with Crippen molar-refractivity contribution in [3.05, 3.63) is 64.3 Å². The van der Waals surface area contributed by atoms with E-state index in [1.165, 1.54) is 6.07 Å². The quantitative estimate of drug-likeness (QED) is 0.454. The first kappa shape index (κ1) is 22.3. The molecule has 0 spiro atoms. The number of nitrogens with zero attached hydrogens (tertiary/aromatic N) is 5. The Balaban J connectivity index is 0.00000324. The SMILES string of the molecule is CNCc1ccc(-c2nnc(-c3nc(-c4ccc(=O)n(C(C)C)c4)cnc3C)o2)c(OC)c1.[HH]. The fourth-order valence-corrected chi connectivity index (χ4v) is 3.50. The molecule has 0 aliphatic heterocycles. The van der Waals surface area contributed by atoms with E-state index in [-0.39, 0.29) is 18.9 Å². The van der Waals surface area contributed by atoms with E-state index >= 15 is 0 Å². The number of benzene rings is 1. The van der Waals surface area contributed by atoms with E-state index < -0.39 is 0 Å². The minimum absolute atomic E-state index is 0. The highest BCUT2D eigenvalue weighted by atomic mass is 16.5. The van der Waals surface area contributed by atoms with Gasteiger partial charge in [0.15, 0.2) is 0 Å². The molecule has 0 unspecified atom stereocenters. The summed E-state index contributed by atoms with van der Waals surface area (Å²) in [5.74, 6) is 1.23. The van der Waals surface area contributed by atoms with Crippen LogP contribution in [0.1, 0.15) is 32.6 Å². The first-order valence-electron chi connectivity index (χ1n) is 10.6. The van der Waals surface area contributed by atoms with Gasteiger partial charge < -0.3 is 19.0 Å². The third-order valence-corrected chi connectivity index (χ3v) is 5.25. The number of nitrogens with one attached hydrogen (secondary N) is 1. The van der Waals surface area contributed by atoms with Gasteiger partial charge in [-0.25, -0.2) is 4.98 Å². The Kier molecular flexibility index (Phi) is 6.32. The number of pyridine rings is 1. The van der Waals surface area contributed by atoms with Crippen molar-refractivity contribution in [1.29, 1.82) is 0 Å². The highest BCUT2D eigenvalue weighted by Crippen LogP contribution is 2.32. The average molecular weight is 449 g/mol. The van der Waals surface area contributed by atoms with E-state index in [1.54, 1.807) is 30.1 Å². The number of rotatable bonds is 7. The molecule has 0 saturated carbocycles. The van der Waals surface area contributed by atoms with Gasteiger partial charge in [-0.15, -0.1) is 10.2 Å². The van der Waals surface area contributed by atoms with Crippen molar-refractivity contribution >= 4 is 0 Å². The van der Waals surface area contributed by atoms with Gasteiger partial charge in [-0.2, -0.15) is 0 Å². The predicted octanol–water partition coefficient (Wildman–Crippen LogP) is 3.89. The zero-order valence-corrected chi connectivity index (χ0v) is 19.3. The molecule has 172 valence electrons.